The molecule has 2 rings (SSSR count). The van der Waals surface area contributed by atoms with Gasteiger partial charge in [0.2, 0.25) is 5.91 Å². The number of carbonyl (C=O) groups excluding carboxylic acids is 2. The van der Waals surface area contributed by atoms with Crippen LogP contribution in [0.25, 0.3) is 0 Å². The van der Waals surface area contributed by atoms with Gasteiger partial charge in [-0.2, -0.15) is 0 Å². The minimum atomic E-state index is -0.123. The second kappa shape index (κ2) is 8.96. The molecule has 1 saturated heterocycles. The lowest BCUT2D eigenvalue weighted by atomic mass is 9.96. The topological polar surface area (TPSA) is 61.4 Å². The highest BCUT2D eigenvalue weighted by molar-refractivity contribution is 5.94. The van der Waals surface area contributed by atoms with Crippen molar-refractivity contribution in [2.75, 3.05) is 32.7 Å². The molecule has 0 atom stereocenters. The SMILES string of the molecule is C#CCN1CCC(C(=O)NCCNC(=O)c2ccccc2)CC1. The number of terminal acetylenes is 1. The average molecular weight is 313 g/mol. The van der Waals surface area contributed by atoms with Gasteiger partial charge in [-0.1, -0.05) is 24.1 Å². The van der Waals surface area contributed by atoms with Gasteiger partial charge in [0.1, 0.15) is 0 Å². The van der Waals surface area contributed by atoms with Crippen molar-refractivity contribution in [1.29, 1.82) is 0 Å². The summed E-state index contributed by atoms with van der Waals surface area (Å²) in [6.45, 7) is 3.26. The summed E-state index contributed by atoms with van der Waals surface area (Å²) in [4.78, 5) is 26.1. The van der Waals surface area contributed by atoms with E-state index in [1.807, 2.05) is 18.2 Å². The van der Waals surface area contributed by atoms with Crippen LogP contribution in [0.1, 0.15) is 23.2 Å². The van der Waals surface area contributed by atoms with Crippen molar-refractivity contribution in [3.8, 4) is 12.3 Å². The predicted octanol–water partition coefficient (Wildman–Crippen LogP) is 0.878. The molecule has 0 radical (unpaired) electrons. The standard InChI is InChI=1S/C18H23N3O2/c1-2-12-21-13-8-16(9-14-21)18(23)20-11-10-19-17(22)15-6-4-3-5-7-15/h1,3-7,16H,8-14H2,(H,19,22)(H,20,23). The lowest BCUT2D eigenvalue weighted by Crippen LogP contribution is -2.42. The Morgan fingerprint density at radius 3 is 2.43 bits per heavy atom. The molecule has 122 valence electrons. The first-order valence-corrected chi connectivity index (χ1v) is 7.97. The van der Waals surface area contributed by atoms with Crippen molar-refractivity contribution >= 4 is 11.8 Å². The molecule has 0 spiro atoms. The van der Waals surface area contributed by atoms with Crippen molar-refractivity contribution < 1.29 is 9.59 Å². The number of hydrogen-bond donors (Lipinski definition) is 2. The summed E-state index contributed by atoms with van der Waals surface area (Å²) < 4.78 is 0. The number of piperidine rings is 1. The van der Waals surface area contributed by atoms with E-state index in [0.717, 1.165) is 25.9 Å². The molecule has 0 aromatic heterocycles. The number of rotatable bonds is 6. The minimum absolute atomic E-state index is 0.0499. The molecular formula is C18H23N3O2. The van der Waals surface area contributed by atoms with Gasteiger partial charge in [0.05, 0.1) is 6.54 Å². The highest BCUT2D eigenvalue weighted by atomic mass is 16.2. The van der Waals surface area contributed by atoms with Crippen molar-refractivity contribution in [2.45, 2.75) is 12.8 Å². The van der Waals surface area contributed by atoms with Gasteiger partial charge in [0.15, 0.2) is 0 Å². The first-order chi connectivity index (χ1) is 11.2. The van der Waals surface area contributed by atoms with Crippen LogP contribution in [0.15, 0.2) is 30.3 Å². The van der Waals surface area contributed by atoms with Crippen LogP contribution < -0.4 is 10.6 Å². The Morgan fingerprint density at radius 1 is 1.13 bits per heavy atom. The van der Waals surface area contributed by atoms with Crippen LogP contribution in [0.3, 0.4) is 0 Å². The zero-order valence-corrected chi connectivity index (χ0v) is 13.3. The number of carbonyl (C=O) groups is 2. The van der Waals surface area contributed by atoms with Crippen LogP contribution in [-0.2, 0) is 4.79 Å². The number of nitrogens with one attached hydrogen (secondary N) is 2. The van der Waals surface area contributed by atoms with Crippen LogP contribution in [-0.4, -0.2) is 49.4 Å². The van der Waals surface area contributed by atoms with Gasteiger partial charge in [0.25, 0.3) is 5.91 Å². The molecule has 0 unspecified atom stereocenters. The highest BCUT2D eigenvalue weighted by Gasteiger charge is 2.24. The Morgan fingerprint density at radius 2 is 1.78 bits per heavy atom. The zero-order chi connectivity index (χ0) is 16.5. The van der Waals surface area contributed by atoms with Gasteiger partial charge in [-0.3, -0.25) is 14.5 Å². The normalized spacial score (nSPS) is 15.6. The van der Waals surface area contributed by atoms with Gasteiger partial charge in [-0.05, 0) is 38.1 Å². The van der Waals surface area contributed by atoms with E-state index < -0.39 is 0 Å². The Labute approximate surface area is 137 Å². The summed E-state index contributed by atoms with van der Waals surface area (Å²) in [5.41, 5.74) is 0.625. The third-order valence-electron chi connectivity index (χ3n) is 4.02. The average Bonchev–Trinajstić information content (AvgIpc) is 2.60. The quantitative estimate of drug-likeness (QED) is 0.605. The minimum Gasteiger partial charge on any atom is -0.354 e. The molecule has 23 heavy (non-hydrogen) atoms. The third-order valence-corrected chi connectivity index (χ3v) is 4.02. The fraction of sp³-hybridized carbons (Fsp3) is 0.444. The molecular weight excluding hydrogens is 290 g/mol. The lowest BCUT2D eigenvalue weighted by molar-refractivity contribution is -0.126. The number of benzene rings is 1. The first kappa shape index (κ1) is 17.0. The van der Waals surface area contributed by atoms with Crippen LogP contribution in [0.4, 0.5) is 0 Å². The molecule has 1 aromatic carbocycles. The number of amides is 2. The lowest BCUT2D eigenvalue weighted by Gasteiger charge is -2.29. The molecule has 1 heterocycles. The maximum Gasteiger partial charge on any atom is 0.251 e. The monoisotopic (exact) mass is 313 g/mol. The first-order valence-electron chi connectivity index (χ1n) is 7.97. The van der Waals surface area contributed by atoms with Gasteiger partial charge >= 0.3 is 0 Å². The Balaban J connectivity index is 1.62. The van der Waals surface area contributed by atoms with Crippen molar-refractivity contribution in [3.63, 3.8) is 0 Å². The highest BCUT2D eigenvalue weighted by Crippen LogP contribution is 2.16. The van der Waals surface area contributed by atoms with Gasteiger partial charge < -0.3 is 10.6 Å². The van der Waals surface area contributed by atoms with Crippen LogP contribution >= 0.6 is 0 Å². The molecule has 0 aliphatic carbocycles. The Bertz CT molecular complexity index is 557. The van der Waals surface area contributed by atoms with Crippen molar-refractivity contribution in [1.82, 2.24) is 15.5 Å². The predicted molar refractivity (Wildman–Crippen MR) is 89.8 cm³/mol. The summed E-state index contributed by atoms with van der Waals surface area (Å²) in [6, 6.07) is 9.04. The number of nitrogens with zero attached hydrogens (tertiary/aromatic N) is 1. The van der Waals surface area contributed by atoms with Crippen molar-refractivity contribution in [3.05, 3.63) is 35.9 Å². The maximum absolute atomic E-state index is 12.1. The Hall–Kier alpha value is -2.32. The fourth-order valence-electron chi connectivity index (χ4n) is 2.68. The van der Waals surface area contributed by atoms with E-state index >= 15 is 0 Å². The molecule has 5 nitrogen and oxygen atoms in total. The summed E-state index contributed by atoms with van der Waals surface area (Å²) in [5.74, 6) is 2.63. The summed E-state index contributed by atoms with van der Waals surface area (Å²) in [7, 11) is 0. The van der Waals surface area contributed by atoms with Gasteiger partial charge in [-0.25, -0.2) is 0 Å². The van der Waals surface area contributed by atoms with E-state index in [0.29, 0.717) is 25.2 Å². The van der Waals surface area contributed by atoms with E-state index in [-0.39, 0.29) is 17.7 Å². The third kappa shape index (κ3) is 5.42. The zero-order valence-electron chi connectivity index (χ0n) is 13.3. The van der Waals surface area contributed by atoms with E-state index in [9.17, 15) is 9.59 Å². The van der Waals surface area contributed by atoms with Gasteiger partial charge in [0, 0.05) is 24.6 Å². The molecule has 1 aliphatic rings. The van der Waals surface area contributed by atoms with Crippen LogP contribution in [0, 0.1) is 18.3 Å². The largest absolute Gasteiger partial charge is 0.354 e. The maximum atomic E-state index is 12.1. The van der Waals surface area contributed by atoms with E-state index in [1.54, 1.807) is 12.1 Å². The molecule has 0 saturated carbocycles. The molecule has 5 heteroatoms. The van der Waals surface area contributed by atoms with Crippen molar-refractivity contribution in [2.24, 2.45) is 5.92 Å². The number of hydrogen-bond acceptors (Lipinski definition) is 3. The number of likely N-dealkylation sites (tertiary alicyclic amines) is 1. The Kier molecular flexibility index (Phi) is 6.64. The summed E-state index contributed by atoms with van der Waals surface area (Å²) in [5, 5.41) is 5.69. The molecule has 2 amide bonds. The molecule has 0 bridgehead atoms. The molecule has 1 fully saturated rings. The second-order valence-electron chi connectivity index (χ2n) is 5.67. The van der Waals surface area contributed by atoms with Crippen LogP contribution in [0.2, 0.25) is 0 Å². The molecule has 1 aromatic rings. The summed E-state index contributed by atoms with van der Waals surface area (Å²) >= 11 is 0. The summed E-state index contributed by atoms with van der Waals surface area (Å²) in [6.07, 6.45) is 6.97. The van der Waals surface area contributed by atoms with E-state index in [2.05, 4.69) is 21.5 Å². The molecule has 1 aliphatic heterocycles. The smallest absolute Gasteiger partial charge is 0.251 e. The second-order valence-corrected chi connectivity index (χ2v) is 5.67. The van der Waals surface area contributed by atoms with E-state index in [4.69, 9.17) is 6.42 Å². The van der Waals surface area contributed by atoms with E-state index in [1.165, 1.54) is 0 Å². The van der Waals surface area contributed by atoms with Gasteiger partial charge in [-0.15, -0.1) is 6.42 Å². The fourth-order valence-corrected chi connectivity index (χ4v) is 2.68. The van der Waals surface area contributed by atoms with Crippen LogP contribution in [0.5, 0.6) is 0 Å². The molecule has 2 N–H and O–H groups in total.